The molecule has 6 nitrogen and oxygen atoms in total. The second-order valence-electron chi connectivity index (χ2n) is 6.55. The number of hydrogen-bond donors (Lipinski definition) is 2. The van der Waals surface area contributed by atoms with Crippen molar-refractivity contribution in [2.24, 2.45) is 4.99 Å². The molecule has 6 heteroatoms. The Labute approximate surface area is 174 Å². The van der Waals surface area contributed by atoms with Crippen molar-refractivity contribution in [3.8, 4) is 11.5 Å². The summed E-state index contributed by atoms with van der Waals surface area (Å²) in [5.41, 5.74) is 2.22. The first-order valence-electron chi connectivity index (χ1n) is 10.1. The van der Waals surface area contributed by atoms with Crippen LogP contribution in [0.25, 0.3) is 0 Å². The van der Waals surface area contributed by atoms with E-state index in [1.165, 1.54) is 5.56 Å². The lowest BCUT2D eigenvalue weighted by Gasteiger charge is -2.13. The zero-order valence-corrected chi connectivity index (χ0v) is 17.7. The molecule has 158 valence electrons. The van der Waals surface area contributed by atoms with E-state index in [4.69, 9.17) is 14.2 Å². The smallest absolute Gasteiger partial charge is 0.191 e. The van der Waals surface area contributed by atoms with Gasteiger partial charge in [0.1, 0.15) is 11.5 Å². The lowest BCUT2D eigenvalue weighted by molar-refractivity contribution is 0.117. The average molecular weight is 400 g/mol. The van der Waals surface area contributed by atoms with Gasteiger partial charge in [-0.3, -0.25) is 0 Å². The van der Waals surface area contributed by atoms with E-state index in [1.54, 1.807) is 14.2 Å². The highest BCUT2D eigenvalue weighted by molar-refractivity contribution is 5.79. The molecule has 0 aliphatic heterocycles. The van der Waals surface area contributed by atoms with Gasteiger partial charge in [-0.25, -0.2) is 4.99 Å². The van der Waals surface area contributed by atoms with Crippen LogP contribution in [0.5, 0.6) is 11.5 Å². The van der Waals surface area contributed by atoms with Gasteiger partial charge in [-0.05, 0) is 37.5 Å². The minimum absolute atomic E-state index is 0.530. The van der Waals surface area contributed by atoms with Crippen molar-refractivity contribution in [2.75, 3.05) is 33.9 Å². The van der Waals surface area contributed by atoms with Crippen molar-refractivity contribution >= 4 is 5.96 Å². The number of ether oxygens (including phenoxy) is 3. The molecule has 0 aromatic heterocycles. The molecule has 0 aliphatic rings. The Morgan fingerprint density at radius 1 is 0.966 bits per heavy atom. The van der Waals surface area contributed by atoms with Crippen molar-refractivity contribution in [1.82, 2.24) is 10.6 Å². The average Bonchev–Trinajstić information content (AvgIpc) is 2.77. The van der Waals surface area contributed by atoms with Gasteiger partial charge in [0.05, 0.1) is 27.4 Å². The van der Waals surface area contributed by atoms with Crippen molar-refractivity contribution in [3.05, 3.63) is 59.7 Å². The molecule has 0 spiro atoms. The molecule has 0 bridgehead atoms. The number of nitrogens with one attached hydrogen (secondary N) is 2. The molecular weight excluding hydrogens is 366 g/mol. The van der Waals surface area contributed by atoms with Gasteiger partial charge in [0.15, 0.2) is 5.96 Å². The van der Waals surface area contributed by atoms with E-state index >= 15 is 0 Å². The number of unbranched alkanes of at least 4 members (excludes halogenated alkanes) is 1. The molecule has 0 atom stereocenters. The van der Waals surface area contributed by atoms with Crippen molar-refractivity contribution in [3.63, 3.8) is 0 Å². The van der Waals surface area contributed by atoms with Gasteiger partial charge in [-0.1, -0.05) is 30.3 Å². The molecule has 0 unspecified atom stereocenters. The molecule has 0 fully saturated rings. The largest absolute Gasteiger partial charge is 0.497 e. The number of benzene rings is 2. The molecule has 0 saturated heterocycles. The quantitative estimate of drug-likeness (QED) is 0.323. The maximum Gasteiger partial charge on any atom is 0.191 e. The summed E-state index contributed by atoms with van der Waals surface area (Å²) in [7, 11) is 3.30. The summed E-state index contributed by atoms with van der Waals surface area (Å²) in [4.78, 5) is 4.66. The third-order valence-electron chi connectivity index (χ3n) is 4.37. The highest BCUT2D eigenvalue weighted by Gasteiger charge is 2.05. The molecular formula is C23H33N3O3. The van der Waals surface area contributed by atoms with E-state index in [9.17, 15) is 0 Å². The molecule has 2 aromatic carbocycles. The third kappa shape index (κ3) is 8.44. The number of methoxy groups -OCH3 is 2. The number of guanidine groups is 1. The van der Waals surface area contributed by atoms with Crippen LogP contribution >= 0.6 is 0 Å². The van der Waals surface area contributed by atoms with E-state index in [-0.39, 0.29) is 0 Å². The first-order valence-corrected chi connectivity index (χ1v) is 10.1. The number of hydrogen-bond acceptors (Lipinski definition) is 4. The number of aliphatic imine (C=N–C) groups is 1. The molecule has 2 rings (SSSR count). The zero-order chi connectivity index (χ0) is 20.7. The molecule has 0 heterocycles. The van der Waals surface area contributed by atoms with Gasteiger partial charge in [-0.2, -0.15) is 0 Å². The van der Waals surface area contributed by atoms with Gasteiger partial charge in [-0.15, -0.1) is 0 Å². The summed E-state index contributed by atoms with van der Waals surface area (Å²) in [5, 5.41) is 6.66. The Kier molecular flexibility index (Phi) is 10.5. The lowest BCUT2D eigenvalue weighted by atomic mass is 10.2. The normalized spacial score (nSPS) is 11.2. The molecule has 0 aliphatic carbocycles. The van der Waals surface area contributed by atoms with Gasteiger partial charge in [0, 0.05) is 31.3 Å². The van der Waals surface area contributed by atoms with Crippen LogP contribution in [-0.2, 0) is 17.9 Å². The van der Waals surface area contributed by atoms with Crippen molar-refractivity contribution in [2.45, 2.75) is 32.9 Å². The highest BCUT2D eigenvalue weighted by Crippen LogP contribution is 2.25. The fraction of sp³-hybridized carbons (Fsp3) is 0.435. The molecule has 29 heavy (non-hydrogen) atoms. The summed E-state index contributed by atoms with van der Waals surface area (Å²) in [6.45, 7) is 5.67. The molecule has 0 saturated carbocycles. The molecule has 0 radical (unpaired) electrons. The van der Waals surface area contributed by atoms with Crippen LogP contribution in [0, 0.1) is 0 Å². The minimum atomic E-state index is 0.530. The number of nitrogens with zero attached hydrogens (tertiary/aromatic N) is 1. The second-order valence-corrected chi connectivity index (χ2v) is 6.55. The summed E-state index contributed by atoms with van der Waals surface area (Å²) in [6, 6.07) is 16.0. The molecule has 0 amide bonds. The predicted molar refractivity (Wildman–Crippen MR) is 118 cm³/mol. The Bertz CT molecular complexity index is 735. The van der Waals surface area contributed by atoms with E-state index in [1.807, 2.05) is 36.4 Å². The standard InChI is InChI=1S/C23H33N3O3/c1-4-24-23(26-17-20-12-13-21(27-2)16-22(20)28-3)25-14-8-9-15-29-18-19-10-6-5-7-11-19/h5-7,10-13,16H,4,8-9,14-15,17-18H2,1-3H3,(H2,24,25,26). The van der Waals surface area contributed by atoms with Crippen LogP contribution in [0.1, 0.15) is 30.9 Å². The lowest BCUT2D eigenvalue weighted by Crippen LogP contribution is -2.37. The monoisotopic (exact) mass is 399 g/mol. The summed E-state index contributed by atoms with van der Waals surface area (Å²) in [5.74, 6) is 2.35. The maximum absolute atomic E-state index is 5.73. The summed E-state index contributed by atoms with van der Waals surface area (Å²) >= 11 is 0. The maximum atomic E-state index is 5.73. The Hall–Kier alpha value is -2.73. The summed E-state index contributed by atoms with van der Waals surface area (Å²) < 4.78 is 16.4. The van der Waals surface area contributed by atoms with Crippen molar-refractivity contribution < 1.29 is 14.2 Å². The van der Waals surface area contributed by atoms with Crippen LogP contribution in [0.2, 0.25) is 0 Å². The topological polar surface area (TPSA) is 64.1 Å². The predicted octanol–water partition coefficient (Wildman–Crippen LogP) is 3.76. The van der Waals surface area contributed by atoms with Crippen molar-refractivity contribution in [1.29, 1.82) is 0 Å². The zero-order valence-electron chi connectivity index (χ0n) is 17.7. The molecule has 2 N–H and O–H groups in total. The SMILES string of the molecule is CCNC(=NCc1ccc(OC)cc1OC)NCCCCOCc1ccccc1. The fourth-order valence-corrected chi connectivity index (χ4v) is 2.79. The summed E-state index contributed by atoms with van der Waals surface area (Å²) in [6.07, 6.45) is 2.02. The van der Waals surface area contributed by atoms with Crippen LogP contribution in [-0.4, -0.2) is 39.9 Å². The first-order chi connectivity index (χ1) is 14.3. The third-order valence-corrected chi connectivity index (χ3v) is 4.37. The fourth-order valence-electron chi connectivity index (χ4n) is 2.79. The van der Waals surface area contributed by atoms with Gasteiger partial charge in [0.25, 0.3) is 0 Å². The Morgan fingerprint density at radius 2 is 1.79 bits per heavy atom. The van der Waals surface area contributed by atoms with Crippen LogP contribution < -0.4 is 20.1 Å². The van der Waals surface area contributed by atoms with Crippen LogP contribution in [0.3, 0.4) is 0 Å². The van der Waals surface area contributed by atoms with E-state index in [0.29, 0.717) is 13.2 Å². The highest BCUT2D eigenvalue weighted by atomic mass is 16.5. The van der Waals surface area contributed by atoms with E-state index < -0.39 is 0 Å². The second kappa shape index (κ2) is 13.4. The van der Waals surface area contributed by atoms with Gasteiger partial charge < -0.3 is 24.8 Å². The number of rotatable bonds is 12. The van der Waals surface area contributed by atoms with Crippen LogP contribution in [0.4, 0.5) is 0 Å². The Balaban J connectivity index is 1.72. The minimum Gasteiger partial charge on any atom is -0.497 e. The first kappa shape index (κ1) is 22.6. The van der Waals surface area contributed by atoms with Gasteiger partial charge in [0.2, 0.25) is 0 Å². The van der Waals surface area contributed by atoms with Gasteiger partial charge >= 0.3 is 0 Å². The van der Waals surface area contributed by atoms with Crippen LogP contribution in [0.15, 0.2) is 53.5 Å². The Morgan fingerprint density at radius 3 is 2.52 bits per heavy atom. The van der Waals surface area contributed by atoms with E-state index in [0.717, 1.165) is 55.6 Å². The van der Waals surface area contributed by atoms with E-state index in [2.05, 4.69) is 34.7 Å². The molecule has 2 aromatic rings.